The highest BCUT2D eigenvalue weighted by Crippen LogP contribution is 2.22. The van der Waals surface area contributed by atoms with E-state index < -0.39 is 5.97 Å². The average Bonchev–Trinajstić information content (AvgIpc) is 2.53. The summed E-state index contributed by atoms with van der Waals surface area (Å²) in [6.07, 6.45) is 4.85. The van der Waals surface area contributed by atoms with Crippen LogP contribution in [0, 0.1) is 11.3 Å². The fourth-order valence-corrected chi connectivity index (χ4v) is 2.10. The van der Waals surface area contributed by atoms with Gasteiger partial charge in [-0.25, -0.2) is 9.78 Å². The van der Waals surface area contributed by atoms with E-state index in [0.29, 0.717) is 5.56 Å². The van der Waals surface area contributed by atoms with Crippen molar-refractivity contribution in [1.29, 1.82) is 5.26 Å². The molecule has 0 bridgehead atoms. The zero-order chi connectivity index (χ0) is 15.9. The zero-order valence-electron chi connectivity index (χ0n) is 12.2. The largest absolute Gasteiger partial charge is 0.422 e. The molecule has 1 aromatic heterocycles. The molecule has 4 nitrogen and oxygen atoms in total. The first kappa shape index (κ1) is 16.0. The molecule has 0 aliphatic rings. The molecule has 0 spiro atoms. The molecule has 112 valence electrons. The number of rotatable bonds is 5. The van der Waals surface area contributed by atoms with Crippen LogP contribution in [0.4, 0.5) is 0 Å². The Morgan fingerprint density at radius 2 is 2.18 bits per heavy atom. The fraction of sp³-hybridized carbons (Fsp3) is 0.235. The molecule has 0 saturated carbocycles. The summed E-state index contributed by atoms with van der Waals surface area (Å²) in [6.45, 7) is 2.13. The lowest BCUT2D eigenvalue weighted by molar-refractivity contribution is 0.0728. The molecule has 0 radical (unpaired) electrons. The Bertz CT molecular complexity index is 706. The molecule has 0 aliphatic carbocycles. The van der Waals surface area contributed by atoms with Crippen LogP contribution in [-0.4, -0.2) is 11.0 Å². The number of ether oxygens (including phenoxy) is 1. The molecule has 22 heavy (non-hydrogen) atoms. The van der Waals surface area contributed by atoms with Gasteiger partial charge in [0.1, 0.15) is 17.5 Å². The van der Waals surface area contributed by atoms with Gasteiger partial charge in [-0.3, -0.25) is 0 Å². The number of carbonyl (C=O) groups excluding carboxylic acids is 1. The lowest BCUT2D eigenvalue weighted by atomic mass is 10.1. The van der Waals surface area contributed by atoms with Crippen molar-refractivity contribution in [3.63, 3.8) is 0 Å². The van der Waals surface area contributed by atoms with E-state index in [2.05, 4.69) is 11.9 Å². The smallest absolute Gasteiger partial charge is 0.362 e. The Morgan fingerprint density at radius 1 is 1.36 bits per heavy atom. The van der Waals surface area contributed by atoms with Crippen molar-refractivity contribution in [2.75, 3.05) is 0 Å². The van der Waals surface area contributed by atoms with Crippen molar-refractivity contribution in [2.45, 2.75) is 26.2 Å². The summed E-state index contributed by atoms with van der Waals surface area (Å²) in [5.74, 6) is -0.270. The summed E-state index contributed by atoms with van der Waals surface area (Å²) in [5.41, 5.74) is 1.67. The molecule has 0 atom stereocenters. The second-order valence-electron chi connectivity index (χ2n) is 4.80. The molecular formula is C17H15ClN2O2. The number of nitriles is 1. The number of esters is 1. The van der Waals surface area contributed by atoms with Gasteiger partial charge in [-0.15, -0.1) is 0 Å². The van der Waals surface area contributed by atoms with Gasteiger partial charge in [0.25, 0.3) is 0 Å². The lowest BCUT2D eigenvalue weighted by Gasteiger charge is -2.05. The van der Waals surface area contributed by atoms with Gasteiger partial charge in [-0.05, 0) is 36.6 Å². The predicted molar refractivity (Wildman–Crippen MR) is 84.0 cm³/mol. The highest BCUT2D eigenvalue weighted by molar-refractivity contribution is 6.31. The van der Waals surface area contributed by atoms with Crippen LogP contribution in [0.2, 0.25) is 5.02 Å². The topological polar surface area (TPSA) is 63.0 Å². The molecule has 0 aliphatic heterocycles. The van der Waals surface area contributed by atoms with Crippen molar-refractivity contribution in [3.05, 3.63) is 58.4 Å². The van der Waals surface area contributed by atoms with Gasteiger partial charge in [0.05, 0.1) is 10.6 Å². The number of nitrogens with zero attached hydrogens (tertiary/aromatic N) is 2. The molecule has 0 saturated heterocycles. The highest BCUT2D eigenvalue weighted by atomic mass is 35.5. The first-order chi connectivity index (χ1) is 10.6. The molecule has 0 amide bonds. The fourth-order valence-electron chi connectivity index (χ4n) is 1.88. The summed E-state index contributed by atoms with van der Waals surface area (Å²) in [4.78, 5) is 16.1. The monoisotopic (exact) mass is 314 g/mol. The Kier molecular flexibility index (Phi) is 5.51. The number of pyridine rings is 1. The maximum atomic E-state index is 12.0. The van der Waals surface area contributed by atoms with Crippen LogP contribution in [0.1, 0.15) is 41.4 Å². The zero-order valence-corrected chi connectivity index (χ0v) is 12.9. The quantitative estimate of drug-likeness (QED) is 0.614. The van der Waals surface area contributed by atoms with Crippen molar-refractivity contribution in [2.24, 2.45) is 0 Å². The Morgan fingerprint density at radius 3 is 2.77 bits per heavy atom. The van der Waals surface area contributed by atoms with Crippen molar-refractivity contribution in [1.82, 2.24) is 4.98 Å². The van der Waals surface area contributed by atoms with Gasteiger partial charge in [0, 0.05) is 12.3 Å². The Hall–Kier alpha value is -2.38. The van der Waals surface area contributed by atoms with E-state index >= 15 is 0 Å². The number of halogens is 1. The van der Waals surface area contributed by atoms with Gasteiger partial charge in [0.2, 0.25) is 0 Å². The van der Waals surface area contributed by atoms with Gasteiger partial charge in [0.15, 0.2) is 0 Å². The summed E-state index contributed by atoms with van der Waals surface area (Å²) in [5, 5.41) is 9.05. The van der Waals surface area contributed by atoms with Crippen molar-refractivity contribution in [3.8, 4) is 11.8 Å². The van der Waals surface area contributed by atoms with Gasteiger partial charge in [-0.2, -0.15) is 5.26 Å². The van der Waals surface area contributed by atoms with E-state index in [-0.39, 0.29) is 16.5 Å². The van der Waals surface area contributed by atoms with E-state index in [0.717, 1.165) is 24.8 Å². The van der Waals surface area contributed by atoms with E-state index in [1.807, 2.05) is 12.1 Å². The van der Waals surface area contributed by atoms with E-state index in [4.69, 9.17) is 21.6 Å². The Balaban J connectivity index is 2.06. The van der Waals surface area contributed by atoms with Crippen LogP contribution in [-0.2, 0) is 6.42 Å². The normalized spacial score (nSPS) is 10.0. The molecular weight excluding hydrogens is 300 g/mol. The van der Waals surface area contributed by atoms with Crippen LogP contribution in [0.3, 0.4) is 0 Å². The lowest BCUT2D eigenvalue weighted by Crippen LogP contribution is -2.10. The number of hydrogen-bond acceptors (Lipinski definition) is 4. The SMILES string of the molecule is CCCCc1ccc(C(=O)Oc2ccc(C#N)c(Cl)c2)nc1. The average molecular weight is 315 g/mol. The molecule has 1 heterocycles. The minimum absolute atomic E-state index is 0.237. The molecule has 1 aromatic carbocycles. The number of hydrogen-bond donors (Lipinski definition) is 0. The first-order valence-corrected chi connectivity index (χ1v) is 7.38. The number of carbonyl (C=O) groups is 1. The molecule has 0 N–H and O–H groups in total. The highest BCUT2D eigenvalue weighted by Gasteiger charge is 2.11. The van der Waals surface area contributed by atoms with Crippen LogP contribution < -0.4 is 4.74 Å². The third-order valence-corrected chi connectivity index (χ3v) is 3.44. The summed E-state index contributed by atoms with van der Waals surface area (Å²) >= 11 is 5.90. The number of aromatic nitrogens is 1. The number of aryl methyl sites for hydroxylation is 1. The summed E-state index contributed by atoms with van der Waals surface area (Å²) in [6, 6.07) is 9.95. The molecule has 5 heteroatoms. The second kappa shape index (κ2) is 7.58. The summed E-state index contributed by atoms with van der Waals surface area (Å²) in [7, 11) is 0. The minimum atomic E-state index is -0.553. The molecule has 2 aromatic rings. The summed E-state index contributed by atoms with van der Waals surface area (Å²) < 4.78 is 5.21. The van der Waals surface area contributed by atoms with Crippen molar-refractivity contribution < 1.29 is 9.53 Å². The van der Waals surface area contributed by atoms with Gasteiger partial charge >= 0.3 is 5.97 Å². The van der Waals surface area contributed by atoms with E-state index in [9.17, 15) is 4.79 Å². The third-order valence-electron chi connectivity index (χ3n) is 3.12. The van der Waals surface area contributed by atoms with E-state index in [1.165, 1.54) is 18.2 Å². The number of benzene rings is 1. The number of unbranched alkanes of at least 4 members (excludes halogenated alkanes) is 1. The Labute approximate surface area is 134 Å². The van der Waals surface area contributed by atoms with Crippen LogP contribution in [0.15, 0.2) is 36.5 Å². The van der Waals surface area contributed by atoms with Gasteiger partial charge < -0.3 is 4.74 Å². The first-order valence-electron chi connectivity index (χ1n) is 7.00. The predicted octanol–water partition coefficient (Wildman–Crippen LogP) is 4.17. The maximum absolute atomic E-state index is 12.0. The maximum Gasteiger partial charge on any atom is 0.362 e. The van der Waals surface area contributed by atoms with Gasteiger partial charge in [-0.1, -0.05) is 31.0 Å². The minimum Gasteiger partial charge on any atom is -0.422 e. The van der Waals surface area contributed by atoms with Crippen LogP contribution in [0.5, 0.6) is 5.75 Å². The molecule has 0 unspecified atom stereocenters. The standard InChI is InChI=1S/C17H15ClN2O2/c1-2-3-4-12-5-8-16(20-11-12)17(21)22-14-7-6-13(10-19)15(18)9-14/h5-9,11H,2-4H2,1H3. The van der Waals surface area contributed by atoms with Crippen LogP contribution in [0.25, 0.3) is 0 Å². The second-order valence-corrected chi connectivity index (χ2v) is 5.21. The molecule has 0 fully saturated rings. The third kappa shape index (κ3) is 4.06. The van der Waals surface area contributed by atoms with Crippen molar-refractivity contribution >= 4 is 17.6 Å². The van der Waals surface area contributed by atoms with Crippen LogP contribution >= 0.6 is 11.6 Å². The molecule has 2 rings (SSSR count). The van der Waals surface area contributed by atoms with E-state index in [1.54, 1.807) is 12.3 Å².